The number of carbonyl (C=O) groups is 2. The number of hydrogen-bond acceptors (Lipinski definition) is 8. The van der Waals surface area contributed by atoms with Crippen LogP contribution >= 0.6 is 24.0 Å². The van der Waals surface area contributed by atoms with E-state index in [0.29, 0.717) is 57.6 Å². The standard InChI is InChI=1S/C32H37NO6S2/c1-36-24-14-23(15-25(17-24)37-2)27-16-22(8-5-11-38-31(35)20-6-3-4-7-20)28(39-27)18-29-30(34)33(32(40)41-29)26-13-19-9-10-21(26)12-19/h14-21,26H,3-13H2,1-2H3/b29-18-. The van der Waals surface area contributed by atoms with Crippen molar-refractivity contribution in [3.63, 3.8) is 0 Å². The molecule has 3 aliphatic carbocycles. The summed E-state index contributed by atoms with van der Waals surface area (Å²) in [6, 6.07) is 7.82. The Balaban J connectivity index is 1.24. The minimum atomic E-state index is -0.0802. The fourth-order valence-corrected chi connectivity index (χ4v) is 8.32. The van der Waals surface area contributed by atoms with Gasteiger partial charge in [0, 0.05) is 23.7 Å². The molecule has 4 fully saturated rings. The van der Waals surface area contributed by atoms with Crippen molar-refractivity contribution >= 4 is 46.3 Å². The maximum atomic E-state index is 13.6. The van der Waals surface area contributed by atoms with E-state index < -0.39 is 0 Å². The molecule has 7 nitrogen and oxygen atoms in total. The van der Waals surface area contributed by atoms with Crippen molar-refractivity contribution < 1.29 is 28.2 Å². The molecule has 3 atom stereocenters. The van der Waals surface area contributed by atoms with E-state index >= 15 is 0 Å². The molecule has 0 radical (unpaired) electrons. The van der Waals surface area contributed by atoms with Crippen LogP contribution in [-0.2, 0) is 20.7 Å². The maximum absolute atomic E-state index is 13.6. The smallest absolute Gasteiger partial charge is 0.308 e. The van der Waals surface area contributed by atoms with E-state index in [9.17, 15) is 9.59 Å². The Morgan fingerprint density at radius 3 is 2.49 bits per heavy atom. The second-order valence-corrected chi connectivity index (χ2v) is 13.3. The highest BCUT2D eigenvalue weighted by Crippen LogP contribution is 2.49. The third-order valence-corrected chi connectivity index (χ3v) is 10.4. The summed E-state index contributed by atoms with van der Waals surface area (Å²) in [6.07, 6.45) is 11.9. The summed E-state index contributed by atoms with van der Waals surface area (Å²) < 4.78 is 23.6. The fourth-order valence-electron chi connectivity index (χ4n) is 6.98. The number of aryl methyl sites for hydroxylation is 1. The molecule has 2 heterocycles. The van der Waals surface area contributed by atoms with Gasteiger partial charge in [0.25, 0.3) is 5.91 Å². The van der Waals surface area contributed by atoms with E-state index in [-0.39, 0.29) is 23.8 Å². The van der Waals surface area contributed by atoms with Gasteiger partial charge >= 0.3 is 5.97 Å². The first kappa shape index (κ1) is 28.3. The van der Waals surface area contributed by atoms with Crippen LogP contribution in [0.5, 0.6) is 11.5 Å². The summed E-state index contributed by atoms with van der Waals surface area (Å²) in [7, 11) is 3.23. The Morgan fingerprint density at radius 1 is 1.07 bits per heavy atom. The summed E-state index contributed by atoms with van der Waals surface area (Å²) in [5, 5.41) is 0. The lowest BCUT2D eigenvalue weighted by Gasteiger charge is -2.30. The Kier molecular flexibility index (Phi) is 8.45. The van der Waals surface area contributed by atoms with Gasteiger partial charge in [-0.2, -0.15) is 0 Å². The van der Waals surface area contributed by atoms with Crippen LogP contribution in [-0.4, -0.2) is 48.0 Å². The minimum absolute atomic E-state index is 0.0185. The molecule has 0 N–H and O–H groups in total. The topological polar surface area (TPSA) is 78.2 Å². The van der Waals surface area contributed by atoms with E-state index in [1.807, 2.05) is 35.2 Å². The predicted octanol–water partition coefficient (Wildman–Crippen LogP) is 7.02. The number of methoxy groups -OCH3 is 2. The molecule has 1 aromatic carbocycles. The van der Waals surface area contributed by atoms with Crippen molar-refractivity contribution in [3.05, 3.63) is 40.5 Å². The van der Waals surface area contributed by atoms with Crippen LogP contribution in [0.2, 0.25) is 0 Å². The lowest BCUT2D eigenvalue weighted by atomic mass is 9.94. The molecule has 41 heavy (non-hydrogen) atoms. The fraction of sp³-hybridized carbons (Fsp3) is 0.531. The molecule has 1 aliphatic heterocycles. The Bertz CT molecular complexity index is 1340. The molecule has 1 aromatic heterocycles. The number of amides is 1. The molecule has 218 valence electrons. The van der Waals surface area contributed by atoms with E-state index in [2.05, 4.69) is 0 Å². The van der Waals surface area contributed by atoms with Crippen molar-refractivity contribution in [1.82, 2.24) is 4.90 Å². The SMILES string of the molecule is COc1cc(OC)cc(-c2cc(CCCOC(=O)C3CCCC3)c(/C=C3\SC(=S)N(C4CC5CCC4C5)C3=O)o2)c1. The van der Waals surface area contributed by atoms with Crippen LogP contribution in [0.25, 0.3) is 17.4 Å². The normalized spacial score (nSPS) is 25.1. The van der Waals surface area contributed by atoms with E-state index in [1.54, 1.807) is 14.2 Å². The van der Waals surface area contributed by atoms with Gasteiger partial charge in [0.2, 0.25) is 0 Å². The summed E-state index contributed by atoms with van der Waals surface area (Å²) in [5.74, 6) is 3.81. The molecule has 1 amide bonds. The Labute approximate surface area is 251 Å². The van der Waals surface area contributed by atoms with Gasteiger partial charge in [-0.25, -0.2) is 0 Å². The molecule has 2 bridgehead atoms. The number of nitrogens with zero attached hydrogens (tertiary/aromatic N) is 1. The number of fused-ring (bicyclic) bond motifs is 2. The second kappa shape index (κ2) is 12.2. The number of furan rings is 1. The number of carbonyl (C=O) groups excluding carboxylic acids is 2. The third-order valence-electron chi connectivity index (χ3n) is 9.12. The number of thioether (sulfide) groups is 1. The largest absolute Gasteiger partial charge is 0.497 e. The Morgan fingerprint density at radius 2 is 1.83 bits per heavy atom. The monoisotopic (exact) mass is 595 g/mol. The number of hydrogen-bond donors (Lipinski definition) is 0. The molecular weight excluding hydrogens is 558 g/mol. The molecule has 3 unspecified atom stereocenters. The number of thiocarbonyl (C=S) groups is 1. The zero-order chi connectivity index (χ0) is 28.5. The van der Waals surface area contributed by atoms with Crippen molar-refractivity contribution in [2.45, 2.75) is 70.3 Å². The van der Waals surface area contributed by atoms with Crippen molar-refractivity contribution in [2.75, 3.05) is 20.8 Å². The van der Waals surface area contributed by atoms with Gasteiger partial charge in [-0.05, 0) is 80.5 Å². The van der Waals surface area contributed by atoms with E-state index in [1.165, 1.54) is 31.0 Å². The minimum Gasteiger partial charge on any atom is -0.497 e. The van der Waals surface area contributed by atoms with E-state index in [4.69, 9.17) is 30.8 Å². The molecule has 6 rings (SSSR count). The third kappa shape index (κ3) is 5.93. The Hall–Kier alpha value is -2.78. The van der Waals surface area contributed by atoms with Crippen LogP contribution in [0.4, 0.5) is 0 Å². The molecule has 3 saturated carbocycles. The van der Waals surface area contributed by atoms with Crippen LogP contribution < -0.4 is 9.47 Å². The van der Waals surface area contributed by atoms with E-state index in [0.717, 1.165) is 49.1 Å². The number of rotatable bonds is 10. The predicted molar refractivity (Wildman–Crippen MR) is 163 cm³/mol. The van der Waals surface area contributed by atoms with Gasteiger partial charge in [0.05, 0.1) is 31.6 Å². The highest BCUT2D eigenvalue weighted by molar-refractivity contribution is 8.26. The van der Waals surface area contributed by atoms with Crippen molar-refractivity contribution in [2.24, 2.45) is 17.8 Å². The molecular formula is C32H37NO6S2. The average Bonchev–Trinajstić information content (AvgIpc) is 3.82. The van der Waals surface area contributed by atoms with Gasteiger partial charge in [0.15, 0.2) is 0 Å². The van der Waals surface area contributed by atoms with Gasteiger partial charge in [0.1, 0.15) is 27.3 Å². The van der Waals surface area contributed by atoms with Gasteiger partial charge in [-0.15, -0.1) is 0 Å². The van der Waals surface area contributed by atoms with Crippen LogP contribution in [0.3, 0.4) is 0 Å². The van der Waals surface area contributed by atoms with Gasteiger partial charge in [-0.3, -0.25) is 14.5 Å². The van der Waals surface area contributed by atoms with Crippen molar-refractivity contribution in [1.29, 1.82) is 0 Å². The summed E-state index contributed by atoms with van der Waals surface area (Å²) >= 11 is 7.07. The second-order valence-electron chi connectivity index (χ2n) is 11.6. The summed E-state index contributed by atoms with van der Waals surface area (Å²) in [5.41, 5.74) is 1.76. The maximum Gasteiger partial charge on any atom is 0.308 e. The summed E-state index contributed by atoms with van der Waals surface area (Å²) in [4.78, 5) is 28.5. The zero-order valence-electron chi connectivity index (χ0n) is 23.7. The quantitative estimate of drug-likeness (QED) is 0.126. The van der Waals surface area contributed by atoms with Gasteiger partial charge < -0.3 is 18.6 Å². The average molecular weight is 596 g/mol. The zero-order valence-corrected chi connectivity index (χ0v) is 25.3. The van der Waals surface area contributed by atoms with Crippen LogP contribution in [0, 0.1) is 17.8 Å². The summed E-state index contributed by atoms with van der Waals surface area (Å²) in [6.45, 7) is 0.356. The lowest BCUT2D eigenvalue weighted by molar-refractivity contribution is -0.148. The highest BCUT2D eigenvalue weighted by Gasteiger charge is 2.48. The highest BCUT2D eigenvalue weighted by atomic mass is 32.2. The molecule has 2 aromatic rings. The number of benzene rings is 1. The van der Waals surface area contributed by atoms with Crippen molar-refractivity contribution in [3.8, 4) is 22.8 Å². The lowest BCUT2D eigenvalue weighted by Crippen LogP contribution is -2.41. The van der Waals surface area contributed by atoms with Crippen LogP contribution in [0.1, 0.15) is 69.1 Å². The molecule has 9 heteroatoms. The molecule has 0 spiro atoms. The first-order chi connectivity index (χ1) is 19.9. The van der Waals surface area contributed by atoms with Crippen LogP contribution in [0.15, 0.2) is 33.6 Å². The molecule has 4 aliphatic rings. The number of ether oxygens (including phenoxy) is 3. The first-order valence-corrected chi connectivity index (χ1v) is 16.0. The number of esters is 1. The molecule has 1 saturated heterocycles. The first-order valence-electron chi connectivity index (χ1n) is 14.7. The van der Waals surface area contributed by atoms with Gasteiger partial charge in [-0.1, -0.05) is 43.2 Å².